The van der Waals surface area contributed by atoms with Gasteiger partial charge in [-0.1, -0.05) is 0 Å². The summed E-state index contributed by atoms with van der Waals surface area (Å²) >= 11 is 2.13. The first-order valence-electron chi connectivity index (χ1n) is 11.2. The first-order chi connectivity index (χ1) is 17.2. The molecule has 12 heteroatoms. The van der Waals surface area contributed by atoms with Crippen LogP contribution in [0, 0.1) is 26.6 Å². The van der Waals surface area contributed by atoms with Crippen LogP contribution in [0.1, 0.15) is 12.0 Å². The maximum atomic E-state index is 14.4. The first kappa shape index (κ1) is 24.9. The first-order valence-corrected chi connectivity index (χ1v) is 12.3. The minimum atomic E-state index is -4.79. The van der Waals surface area contributed by atoms with Gasteiger partial charge in [0.1, 0.15) is 17.6 Å². The zero-order valence-electron chi connectivity index (χ0n) is 18.8. The second kappa shape index (κ2) is 9.28. The molecular weight excluding hydrogens is 593 g/mol. The zero-order valence-corrected chi connectivity index (χ0v) is 21.0. The lowest BCUT2D eigenvalue weighted by Crippen LogP contribution is -2.74. The van der Waals surface area contributed by atoms with E-state index >= 15 is 0 Å². The molecule has 3 aliphatic rings. The molecule has 2 saturated heterocycles. The van der Waals surface area contributed by atoms with Gasteiger partial charge in [0.05, 0.1) is 30.4 Å². The predicted octanol–water partition coefficient (Wildman–Crippen LogP) is 4.12. The number of hydrazone groups is 1. The van der Waals surface area contributed by atoms with E-state index in [1.165, 1.54) is 11.0 Å². The van der Waals surface area contributed by atoms with Crippen molar-refractivity contribution in [3.8, 4) is 6.07 Å². The summed E-state index contributed by atoms with van der Waals surface area (Å²) in [6.07, 6.45) is -4.78. The van der Waals surface area contributed by atoms with Crippen LogP contribution in [0.25, 0.3) is 0 Å². The average molecular weight is 613 g/mol. The van der Waals surface area contributed by atoms with Gasteiger partial charge < -0.3 is 9.64 Å². The molecule has 0 spiro atoms. The van der Waals surface area contributed by atoms with Crippen LogP contribution in [0.4, 0.5) is 28.9 Å². The van der Waals surface area contributed by atoms with Crippen LogP contribution >= 0.6 is 22.6 Å². The van der Waals surface area contributed by atoms with E-state index in [2.05, 4.69) is 27.7 Å². The van der Waals surface area contributed by atoms with Crippen molar-refractivity contribution in [1.82, 2.24) is 4.90 Å². The second-order valence-electron chi connectivity index (χ2n) is 8.67. The highest BCUT2D eigenvalue weighted by atomic mass is 127. The Morgan fingerprint density at radius 1 is 1.08 bits per heavy atom. The lowest BCUT2D eigenvalue weighted by atomic mass is 9.79. The number of nitrogens with zero attached hydrogens (tertiary/aromatic N) is 5. The number of carbonyl (C=O) groups excluding carboxylic acids is 1. The van der Waals surface area contributed by atoms with Gasteiger partial charge in [-0.15, -0.1) is 0 Å². The van der Waals surface area contributed by atoms with E-state index in [9.17, 15) is 27.6 Å². The minimum absolute atomic E-state index is 0.0101. The fraction of sp³-hybridized carbons (Fsp3) is 0.375. The van der Waals surface area contributed by atoms with E-state index in [1.807, 2.05) is 12.1 Å². The molecule has 0 radical (unpaired) electrons. The van der Waals surface area contributed by atoms with Crippen LogP contribution in [0.3, 0.4) is 0 Å². The number of halogens is 5. The Morgan fingerprint density at radius 2 is 1.75 bits per heavy atom. The van der Waals surface area contributed by atoms with Gasteiger partial charge in [0.2, 0.25) is 5.66 Å². The Labute approximate surface area is 218 Å². The number of alkyl halides is 3. The molecule has 0 saturated carbocycles. The molecule has 0 aromatic heterocycles. The lowest BCUT2D eigenvalue weighted by molar-refractivity contribution is -0.139. The number of nitriles is 1. The lowest BCUT2D eigenvalue weighted by Gasteiger charge is -2.53. The summed E-state index contributed by atoms with van der Waals surface area (Å²) in [6.45, 7) is 0.936. The Kier molecular flexibility index (Phi) is 6.42. The number of morpholine rings is 1. The van der Waals surface area contributed by atoms with E-state index in [0.717, 1.165) is 20.7 Å². The molecule has 0 bridgehead atoms. The third-order valence-electron chi connectivity index (χ3n) is 6.78. The Hall–Kier alpha value is -2.76. The summed E-state index contributed by atoms with van der Waals surface area (Å²) in [7, 11) is 0. The molecule has 2 aromatic rings. The highest BCUT2D eigenvalue weighted by molar-refractivity contribution is 14.1. The number of amides is 1. The van der Waals surface area contributed by atoms with Gasteiger partial charge in [-0.3, -0.25) is 9.69 Å². The maximum Gasteiger partial charge on any atom is 0.431 e. The van der Waals surface area contributed by atoms with Crippen molar-refractivity contribution in [2.24, 2.45) is 11.0 Å². The molecule has 5 rings (SSSR count). The number of ether oxygens (including phenoxy) is 1. The van der Waals surface area contributed by atoms with Crippen molar-refractivity contribution in [1.29, 1.82) is 5.26 Å². The summed E-state index contributed by atoms with van der Waals surface area (Å²) in [5.41, 5.74) is -2.69. The van der Waals surface area contributed by atoms with Crippen molar-refractivity contribution in [2.45, 2.75) is 18.3 Å². The van der Waals surface area contributed by atoms with Gasteiger partial charge in [0.15, 0.2) is 0 Å². The summed E-state index contributed by atoms with van der Waals surface area (Å²) in [4.78, 5) is 17.6. The van der Waals surface area contributed by atoms with Gasteiger partial charge in [-0.05, 0) is 71.5 Å². The molecule has 2 aromatic carbocycles. The summed E-state index contributed by atoms with van der Waals surface area (Å²) in [6, 6.07) is 12.2. The highest BCUT2D eigenvalue weighted by Gasteiger charge is 2.67. The highest BCUT2D eigenvalue weighted by Crippen LogP contribution is 2.49. The summed E-state index contributed by atoms with van der Waals surface area (Å²) in [5, 5.41) is 14.4. The van der Waals surface area contributed by atoms with Crippen molar-refractivity contribution in [3.63, 3.8) is 0 Å². The van der Waals surface area contributed by atoms with Crippen molar-refractivity contribution < 1.29 is 27.1 Å². The Balaban J connectivity index is 1.72. The molecule has 0 N–H and O–H groups in total. The standard InChI is InChI=1S/C24H20F4IN5O2/c25-20-6-5-18(13-15(20)14-30)34-23(32-9-11-36-12-10-32)19(21(31-34)24(26,27)28)7-8-33(22(23)35)17-3-1-16(29)2-4-17/h1-6,13,19H,7-12H2. The fourth-order valence-corrected chi connectivity index (χ4v) is 5.59. The van der Waals surface area contributed by atoms with Crippen LogP contribution in [-0.4, -0.2) is 61.2 Å². The smallest absolute Gasteiger partial charge is 0.379 e. The molecule has 2 unspecified atom stereocenters. The normalized spacial score (nSPS) is 24.9. The van der Waals surface area contributed by atoms with Crippen LogP contribution in [-0.2, 0) is 9.53 Å². The van der Waals surface area contributed by atoms with E-state index in [4.69, 9.17) is 4.74 Å². The molecule has 0 aliphatic carbocycles. The third kappa shape index (κ3) is 3.93. The van der Waals surface area contributed by atoms with E-state index < -0.39 is 35.2 Å². The van der Waals surface area contributed by atoms with Crippen molar-refractivity contribution in [2.75, 3.05) is 42.8 Å². The Morgan fingerprint density at radius 3 is 2.39 bits per heavy atom. The van der Waals surface area contributed by atoms with Crippen molar-refractivity contribution >= 4 is 45.6 Å². The van der Waals surface area contributed by atoms with E-state index in [-0.39, 0.29) is 50.5 Å². The minimum Gasteiger partial charge on any atom is -0.379 e. The summed E-state index contributed by atoms with van der Waals surface area (Å²) in [5.74, 6) is -2.67. The van der Waals surface area contributed by atoms with Crippen LogP contribution in [0.15, 0.2) is 47.6 Å². The van der Waals surface area contributed by atoms with E-state index in [0.29, 0.717) is 5.69 Å². The van der Waals surface area contributed by atoms with Gasteiger partial charge >= 0.3 is 6.18 Å². The molecule has 1 amide bonds. The topological polar surface area (TPSA) is 72.2 Å². The number of piperidine rings is 1. The Bertz CT molecular complexity index is 1260. The fourth-order valence-electron chi connectivity index (χ4n) is 5.23. The number of hydrogen-bond acceptors (Lipinski definition) is 6. The summed E-state index contributed by atoms with van der Waals surface area (Å²) < 4.78 is 63.5. The molecule has 188 valence electrons. The van der Waals surface area contributed by atoms with Gasteiger partial charge in [-0.2, -0.15) is 23.5 Å². The monoisotopic (exact) mass is 613 g/mol. The third-order valence-corrected chi connectivity index (χ3v) is 7.50. The number of fused-ring (bicyclic) bond motifs is 1. The molecule has 2 atom stereocenters. The van der Waals surface area contributed by atoms with Gasteiger partial charge in [0, 0.05) is 28.9 Å². The van der Waals surface area contributed by atoms with Crippen LogP contribution < -0.4 is 9.91 Å². The average Bonchev–Trinajstić information content (AvgIpc) is 3.23. The molecular formula is C24H20F4IN5O2. The number of anilines is 2. The number of rotatable bonds is 3. The number of carbonyl (C=O) groups is 1. The largest absolute Gasteiger partial charge is 0.431 e. The van der Waals surface area contributed by atoms with Crippen LogP contribution in [0.5, 0.6) is 0 Å². The zero-order chi connectivity index (χ0) is 25.7. The molecule has 7 nitrogen and oxygen atoms in total. The van der Waals surface area contributed by atoms with E-state index in [1.54, 1.807) is 23.1 Å². The second-order valence-corrected chi connectivity index (χ2v) is 9.92. The molecule has 36 heavy (non-hydrogen) atoms. The predicted molar refractivity (Wildman–Crippen MR) is 132 cm³/mol. The van der Waals surface area contributed by atoms with Crippen LogP contribution in [0.2, 0.25) is 0 Å². The van der Waals surface area contributed by atoms with Gasteiger partial charge in [0.25, 0.3) is 5.91 Å². The molecule has 2 fully saturated rings. The van der Waals surface area contributed by atoms with Crippen molar-refractivity contribution in [3.05, 3.63) is 57.4 Å². The molecule has 3 heterocycles. The maximum absolute atomic E-state index is 14.4. The number of hydrogen-bond donors (Lipinski definition) is 0. The quantitative estimate of drug-likeness (QED) is 0.385. The SMILES string of the molecule is N#Cc1cc(N2N=C(C(F)(F)F)C3CCN(c4ccc(I)cc4)C(=O)C32N2CCOCC2)ccc1F. The molecule has 3 aliphatic heterocycles. The number of benzene rings is 2. The van der Waals surface area contributed by atoms with Gasteiger partial charge in [-0.25, -0.2) is 9.40 Å².